The molecule has 2 rings (SSSR count). The average molecular weight is 208 g/mol. The first-order valence-corrected chi connectivity index (χ1v) is 5.69. The number of H-pyrrole nitrogens is 1. The summed E-state index contributed by atoms with van der Waals surface area (Å²) in [7, 11) is 2.19. The summed E-state index contributed by atoms with van der Waals surface area (Å²) in [5.41, 5.74) is 1.24. The van der Waals surface area contributed by atoms with Crippen LogP contribution in [0.4, 0.5) is 0 Å². The highest BCUT2D eigenvalue weighted by atomic mass is 15.1. The van der Waals surface area contributed by atoms with E-state index < -0.39 is 0 Å². The molecule has 0 bridgehead atoms. The number of rotatable bonds is 3. The lowest BCUT2D eigenvalue weighted by Crippen LogP contribution is -2.44. The third kappa shape index (κ3) is 2.79. The number of hydrogen-bond donors (Lipinski definition) is 2. The summed E-state index contributed by atoms with van der Waals surface area (Å²) in [6.07, 6.45) is 6.44. The zero-order chi connectivity index (χ0) is 10.7. The van der Waals surface area contributed by atoms with Gasteiger partial charge in [-0.1, -0.05) is 0 Å². The Morgan fingerprint density at radius 1 is 1.67 bits per heavy atom. The normalized spacial score (nSPS) is 25.3. The fraction of sp³-hybridized carbons (Fsp3) is 0.727. The molecule has 2 atom stereocenters. The molecular weight excluding hydrogens is 188 g/mol. The maximum Gasteiger partial charge on any atom is 0.0534 e. The number of piperidine rings is 1. The average Bonchev–Trinajstić information content (AvgIpc) is 2.70. The zero-order valence-electron chi connectivity index (χ0n) is 9.53. The van der Waals surface area contributed by atoms with Gasteiger partial charge in [0.05, 0.1) is 6.20 Å². The van der Waals surface area contributed by atoms with Crippen molar-refractivity contribution in [1.29, 1.82) is 0 Å². The molecule has 0 spiro atoms. The Kier molecular flexibility index (Phi) is 3.38. The van der Waals surface area contributed by atoms with Gasteiger partial charge in [0, 0.05) is 30.4 Å². The maximum atomic E-state index is 3.98. The Morgan fingerprint density at radius 3 is 3.20 bits per heavy atom. The molecule has 2 unspecified atom stereocenters. The summed E-state index contributed by atoms with van der Waals surface area (Å²) < 4.78 is 0. The molecule has 1 aliphatic rings. The van der Waals surface area contributed by atoms with Crippen LogP contribution in [0.15, 0.2) is 12.4 Å². The number of likely N-dealkylation sites (N-methyl/N-ethyl adjacent to an activating group) is 1. The van der Waals surface area contributed by atoms with Crippen LogP contribution in [0, 0.1) is 0 Å². The maximum absolute atomic E-state index is 3.98. The molecule has 84 valence electrons. The number of aromatic nitrogens is 2. The molecular formula is C11H20N4. The summed E-state index contributed by atoms with van der Waals surface area (Å²) in [5.74, 6) is 0. The Morgan fingerprint density at radius 2 is 2.53 bits per heavy atom. The summed E-state index contributed by atoms with van der Waals surface area (Å²) in [6, 6.07) is 1.01. The van der Waals surface area contributed by atoms with Crippen LogP contribution in [0.5, 0.6) is 0 Å². The Hall–Kier alpha value is -0.870. The van der Waals surface area contributed by atoms with Crippen LogP contribution in [0.3, 0.4) is 0 Å². The van der Waals surface area contributed by atoms with E-state index in [0.29, 0.717) is 12.1 Å². The standard InChI is InChI=1S/C11H20N4/c1-9(10-6-12-13-7-10)14-11-4-3-5-15(2)8-11/h6-7,9,11,14H,3-5,8H2,1-2H3,(H,12,13). The molecule has 2 N–H and O–H groups in total. The third-order valence-corrected chi connectivity index (χ3v) is 3.13. The van der Waals surface area contributed by atoms with Crippen LogP contribution < -0.4 is 5.32 Å². The number of nitrogens with zero attached hydrogens (tertiary/aromatic N) is 2. The smallest absolute Gasteiger partial charge is 0.0534 e. The lowest BCUT2D eigenvalue weighted by molar-refractivity contribution is 0.218. The van der Waals surface area contributed by atoms with Crippen LogP contribution in [-0.4, -0.2) is 41.3 Å². The van der Waals surface area contributed by atoms with Gasteiger partial charge in [-0.3, -0.25) is 5.10 Å². The second-order valence-corrected chi connectivity index (χ2v) is 4.52. The van der Waals surface area contributed by atoms with Gasteiger partial charge in [-0.05, 0) is 33.4 Å². The van der Waals surface area contributed by atoms with Crippen molar-refractivity contribution in [2.75, 3.05) is 20.1 Å². The highest BCUT2D eigenvalue weighted by molar-refractivity contribution is 5.08. The minimum Gasteiger partial charge on any atom is -0.306 e. The van der Waals surface area contributed by atoms with E-state index in [-0.39, 0.29) is 0 Å². The Balaban J connectivity index is 1.86. The second kappa shape index (κ2) is 4.77. The molecule has 0 saturated carbocycles. The molecule has 1 saturated heterocycles. The zero-order valence-corrected chi connectivity index (χ0v) is 9.53. The van der Waals surface area contributed by atoms with E-state index in [9.17, 15) is 0 Å². The predicted octanol–water partition coefficient (Wildman–Crippen LogP) is 1.15. The quantitative estimate of drug-likeness (QED) is 0.783. The van der Waals surface area contributed by atoms with Gasteiger partial charge >= 0.3 is 0 Å². The first-order valence-electron chi connectivity index (χ1n) is 5.69. The monoisotopic (exact) mass is 208 g/mol. The van der Waals surface area contributed by atoms with Crippen LogP contribution in [0.1, 0.15) is 31.4 Å². The topological polar surface area (TPSA) is 44.0 Å². The predicted molar refractivity (Wildman–Crippen MR) is 60.7 cm³/mol. The van der Waals surface area contributed by atoms with E-state index >= 15 is 0 Å². The highest BCUT2D eigenvalue weighted by Crippen LogP contribution is 2.14. The number of hydrogen-bond acceptors (Lipinski definition) is 3. The molecule has 0 amide bonds. The van der Waals surface area contributed by atoms with Crippen molar-refractivity contribution in [2.45, 2.75) is 31.8 Å². The van der Waals surface area contributed by atoms with Crippen LogP contribution in [0.25, 0.3) is 0 Å². The van der Waals surface area contributed by atoms with Gasteiger partial charge in [-0.2, -0.15) is 5.10 Å². The summed E-state index contributed by atoms with van der Waals surface area (Å²) in [4.78, 5) is 2.39. The molecule has 0 aliphatic carbocycles. The van der Waals surface area contributed by atoms with E-state index in [0.717, 1.165) is 6.54 Å². The molecule has 4 nitrogen and oxygen atoms in total. The minimum absolute atomic E-state index is 0.389. The largest absolute Gasteiger partial charge is 0.306 e. The van der Waals surface area contributed by atoms with Crippen molar-refractivity contribution in [2.24, 2.45) is 0 Å². The molecule has 1 aromatic rings. The van der Waals surface area contributed by atoms with E-state index in [2.05, 4.69) is 34.4 Å². The summed E-state index contributed by atoms with van der Waals surface area (Å²) >= 11 is 0. The van der Waals surface area contributed by atoms with Gasteiger partial charge in [-0.15, -0.1) is 0 Å². The molecule has 0 radical (unpaired) electrons. The van der Waals surface area contributed by atoms with Gasteiger partial charge < -0.3 is 10.2 Å². The Bertz CT molecular complexity index is 283. The molecule has 0 aromatic carbocycles. The van der Waals surface area contributed by atoms with Gasteiger partial charge in [-0.25, -0.2) is 0 Å². The first-order chi connectivity index (χ1) is 7.25. The van der Waals surface area contributed by atoms with E-state index in [1.54, 1.807) is 0 Å². The number of likely N-dealkylation sites (tertiary alicyclic amines) is 1. The minimum atomic E-state index is 0.389. The lowest BCUT2D eigenvalue weighted by Gasteiger charge is -2.32. The molecule has 15 heavy (non-hydrogen) atoms. The van der Waals surface area contributed by atoms with Gasteiger partial charge in [0.2, 0.25) is 0 Å². The SMILES string of the molecule is CC(NC1CCCN(C)C1)c1cn[nH]c1. The summed E-state index contributed by atoms with van der Waals surface area (Å²) in [6.45, 7) is 4.58. The number of nitrogens with one attached hydrogen (secondary N) is 2. The van der Waals surface area contributed by atoms with E-state index in [4.69, 9.17) is 0 Å². The second-order valence-electron chi connectivity index (χ2n) is 4.52. The van der Waals surface area contributed by atoms with Gasteiger partial charge in [0.1, 0.15) is 0 Å². The van der Waals surface area contributed by atoms with Crippen LogP contribution >= 0.6 is 0 Å². The van der Waals surface area contributed by atoms with Crippen molar-refractivity contribution >= 4 is 0 Å². The molecule has 2 heterocycles. The van der Waals surface area contributed by atoms with Crippen molar-refractivity contribution < 1.29 is 0 Å². The fourth-order valence-corrected chi connectivity index (χ4v) is 2.25. The van der Waals surface area contributed by atoms with Crippen LogP contribution in [-0.2, 0) is 0 Å². The number of aromatic amines is 1. The van der Waals surface area contributed by atoms with E-state index in [1.165, 1.54) is 24.9 Å². The van der Waals surface area contributed by atoms with E-state index in [1.807, 2.05) is 12.4 Å². The lowest BCUT2D eigenvalue weighted by atomic mass is 10.0. The molecule has 4 heteroatoms. The fourth-order valence-electron chi connectivity index (χ4n) is 2.25. The van der Waals surface area contributed by atoms with Gasteiger partial charge in [0.15, 0.2) is 0 Å². The van der Waals surface area contributed by atoms with Crippen molar-refractivity contribution in [3.8, 4) is 0 Å². The molecule has 1 aliphatic heterocycles. The van der Waals surface area contributed by atoms with Crippen molar-refractivity contribution in [3.05, 3.63) is 18.0 Å². The first kappa shape index (κ1) is 10.6. The van der Waals surface area contributed by atoms with Crippen molar-refractivity contribution in [1.82, 2.24) is 20.4 Å². The van der Waals surface area contributed by atoms with Crippen molar-refractivity contribution in [3.63, 3.8) is 0 Å². The molecule has 1 fully saturated rings. The Labute approximate surface area is 91.1 Å². The third-order valence-electron chi connectivity index (χ3n) is 3.13. The highest BCUT2D eigenvalue weighted by Gasteiger charge is 2.19. The summed E-state index contributed by atoms with van der Waals surface area (Å²) in [5, 5.41) is 10.5. The van der Waals surface area contributed by atoms with Crippen LogP contribution in [0.2, 0.25) is 0 Å². The van der Waals surface area contributed by atoms with Gasteiger partial charge in [0.25, 0.3) is 0 Å². The molecule has 1 aromatic heterocycles.